The van der Waals surface area contributed by atoms with E-state index in [-0.39, 0.29) is 11.4 Å². The van der Waals surface area contributed by atoms with Crippen molar-refractivity contribution in [2.75, 3.05) is 10.6 Å². The van der Waals surface area contributed by atoms with E-state index >= 15 is 0 Å². The number of para-hydroxylation sites is 3. The molecule has 1 aromatic heterocycles. The fourth-order valence-corrected chi connectivity index (χ4v) is 3.27. The number of aryl methyl sites for hydroxylation is 1. The third-order valence-electron chi connectivity index (χ3n) is 4.52. The lowest BCUT2D eigenvalue weighted by molar-refractivity contribution is -0.383. The molecular weight excluding hydrogens is 344 g/mol. The second-order valence-corrected chi connectivity index (χ2v) is 6.16. The molecule has 7 nitrogen and oxygen atoms in total. The molecule has 0 bridgehead atoms. The number of hydrogen-bond acceptors (Lipinski definition) is 3. The molecule has 0 fully saturated rings. The van der Waals surface area contributed by atoms with Crippen molar-refractivity contribution in [1.29, 1.82) is 0 Å². The van der Waals surface area contributed by atoms with Crippen LogP contribution in [-0.4, -0.2) is 15.5 Å². The lowest BCUT2D eigenvalue weighted by Gasteiger charge is -2.08. The largest absolute Gasteiger partial charge is 0.344 e. The minimum atomic E-state index is -0.538. The minimum absolute atomic E-state index is 0.145. The summed E-state index contributed by atoms with van der Waals surface area (Å²) in [6.45, 7) is 0. The van der Waals surface area contributed by atoms with Gasteiger partial charge in [-0.3, -0.25) is 10.1 Å². The Kier molecular flexibility index (Phi) is 3.97. The molecule has 7 heteroatoms. The standard InChI is InChI=1S/C20H16N4O3/c1-23-17-8-4-2-6-14(17)15-12-13(10-11-18(15)23)21-20(25)22-16-7-3-5-9-19(16)24(26)27/h2-12H,1H3,(H2,21,22,25). The highest BCUT2D eigenvalue weighted by atomic mass is 16.6. The molecule has 2 amide bonds. The summed E-state index contributed by atoms with van der Waals surface area (Å²) in [5.74, 6) is 0. The van der Waals surface area contributed by atoms with Crippen molar-refractivity contribution >= 4 is 44.9 Å². The van der Waals surface area contributed by atoms with Crippen molar-refractivity contribution in [3.8, 4) is 0 Å². The van der Waals surface area contributed by atoms with Gasteiger partial charge in [0.15, 0.2) is 0 Å². The Balaban J connectivity index is 1.63. The summed E-state index contributed by atoms with van der Waals surface area (Å²) in [5.41, 5.74) is 2.76. The van der Waals surface area contributed by atoms with Crippen LogP contribution in [0, 0.1) is 10.1 Å². The van der Waals surface area contributed by atoms with E-state index in [4.69, 9.17) is 0 Å². The number of carbonyl (C=O) groups excluding carboxylic acids is 1. The summed E-state index contributed by atoms with van der Waals surface area (Å²) in [4.78, 5) is 22.8. The van der Waals surface area contributed by atoms with Gasteiger partial charge in [0, 0.05) is 40.6 Å². The molecule has 0 unspecified atom stereocenters. The normalized spacial score (nSPS) is 10.9. The Morgan fingerprint density at radius 1 is 0.926 bits per heavy atom. The number of anilines is 2. The van der Waals surface area contributed by atoms with Crippen LogP contribution in [0.4, 0.5) is 21.9 Å². The first-order valence-corrected chi connectivity index (χ1v) is 8.33. The average molecular weight is 360 g/mol. The summed E-state index contributed by atoms with van der Waals surface area (Å²) in [7, 11) is 2.00. The molecule has 3 aromatic carbocycles. The van der Waals surface area contributed by atoms with E-state index in [2.05, 4.69) is 15.2 Å². The van der Waals surface area contributed by atoms with Gasteiger partial charge in [0.25, 0.3) is 5.69 Å². The van der Waals surface area contributed by atoms with E-state index in [1.165, 1.54) is 12.1 Å². The Hall–Kier alpha value is -3.87. The van der Waals surface area contributed by atoms with Crippen molar-refractivity contribution in [1.82, 2.24) is 4.57 Å². The number of rotatable bonds is 3. The molecule has 0 aliphatic carbocycles. The quantitative estimate of drug-likeness (QED) is 0.403. The van der Waals surface area contributed by atoms with Gasteiger partial charge in [-0.25, -0.2) is 4.79 Å². The first-order valence-electron chi connectivity index (χ1n) is 8.33. The number of benzene rings is 3. The number of carbonyl (C=O) groups is 1. The van der Waals surface area contributed by atoms with Crippen LogP contribution in [-0.2, 0) is 7.05 Å². The maximum Gasteiger partial charge on any atom is 0.323 e. The summed E-state index contributed by atoms with van der Waals surface area (Å²) in [6, 6.07) is 19.2. The summed E-state index contributed by atoms with van der Waals surface area (Å²) in [6.07, 6.45) is 0. The van der Waals surface area contributed by atoms with E-state index in [1.807, 2.05) is 43.4 Å². The van der Waals surface area contributed by atoms with Gasteiger partial charge in [-0.1, -0.05) is 30.3 Å². The number of nitrogens with one attached hydrogen (secondary N) is 2. The number of urea groups is 1. The van der Waals surface area contributed by atoms with E-state index in [9.17, 15) is 14.9 Å². The van der Waals surface area contributed by atoms with Gasteiger partial charge in [-0.2, -0.15) is 0 Å². The minimum Gasteiger partial charge on any atom is -0.344 e. The van der Waals surface area contributed by atoms with Crippen LogP contribution in [0.1, 0.15) is 0 Å². The van der Waals surface area contributed by atoms with Crippen LogP contribution in [0.25, 0.3) is 21.8 Å². The van der Waals surface area contributed by atoms with Crippen molar-refractivity contribution in [2.45, 2.75) is 0 Å². The van der Waals surface area contributed by atoms with Crippen molar-refractivity contribution in [3.05, 3.63) is 76.8 Å². The Labute approximate surface area is 154 Å². The van der Waals surface area contributed by atoms with Gasteiger partial charge in [0.2, 0.25) is 0 Å². The summed E-state index contributed by atoms with van der Waals surface area (Å²) in [5, 5.41) is 18.5. The monoisotopic (exact) mass is 360 g/mol. The lowest BCUT2D eigenvalue weighted by atomic mass is 10.1. The fraction of sp³-hybridized carbons (Fsp3) is 0.0500. The zero-order valence-electron chi connectivity index (χ0n) is 14.5. The van der Waals surface area contributed by atoms with E-state index in [1.54, 1.807) is 18.2 Å². The molecule has 134 valence electrons. The molecule has 4 rings (SSSR count). The first kappa shape index (κ1) is 16.6. The predicted molar refractivity (Wildman–Crippen MR) is 106 cm³/mol. The molecule has 0 saturated carbocycles. The van der Waals surface area contributed by atoms with Gasteiger partial charge >= 0.3 is 6.03 Å². The van der Waals surface area contributed by atoms with E-state index in [0.29, 0.717) is 5.69 Å². The summed E-state index contributed by atoms with van der Waals surface area (Å²) >= 11 is 0. The smallest absolute Gasteiger partial charge is 0.323 e. The van der Waals surface area contributed by atoms with Crippen LogP contribution < -0.4 is 10.6 Å². The maximum atomic E-state index is 12.3. The van der Waals surface area contributed by atoms with Gasteiger partial charge in [-0.15, -0.1) is 0 Å². The zero-order chi connectivity index (χ0) is 19.0. The molecule has 2 N–H and O–H groups in total. The average Bonchev–Trinajstić information content (AvgIpc) is 2.94. The fourth-order valence-electron chi connectivity index (χ4n) is 3.27. The van der Waals surface area contributed by atoms with Crippen LogP contribution in [0.15, 0.2) is 66.7 Å². The highest BCUT2D eigenvalue weighted by Gasteiger charge is 2.15. The molecule has 0 atom stereocenters. The zero-order valence-corrected chi connectivity index (χ0v) is 14.5. The number of nitrogens with zero attached hydrogens (tertiary/aromatic N) is 2. The second-order valence-electron chi connectivity index (χ2n) is 6.16. The summed E-state index contributed by atoms with van der Waals surface area (Å²) < 4.78 is 2.10. The molecule has 0 radical (unpaired) electrons. The van der Waals surface area contributed by atoms with Crippen molar-refractivity contribution in [2.24, 2.45) is 7.05 Å². The second kappa shape index (κ2) is 6.45. The van der Waals surface area contributed by atoms with E-state index < -0.39 is 11.0 Å². The number of hydrogen-bond donors (Lipinski definition) is 2. The Bertz CT molecular complexity index is 1200. The highest BCUT2D eigenvalue weighted by Crippen LogP contribution is 2.30. The highest BCUT2D eigenvalue weighted by molar-refractivity contribution is 6.10. The molecule has 0 aliphatic heterocycles. The van der Waals surface area contributed by atoms with Crippen LogP contribution in [0.2, 0.25) is 0 Å². The predicted octanol–water partition coefficient (Wildman–Crippen LogP) is 4.88. The van der Waals surface area contributed by atoms with Crippen molar-refractivity contribution < 1.29 is 9.72 Å². The van der Waals surface area contributed by atoms with Gasteiger partial charge in [0.05, 0.1) is 4.92 Å². The Morgan fingerprint density at radius 3 is 2.44 bits per heavy atom. The van der Waals surface area contributed by atoms with Crippen molar-refractivity contribution in [3.63, 3.8) is 0 Å². The van der Waals surface area contributed by atoms with E-state index in [0.717, 1.165) is 21.8 Å². The topological polar surface area (TPSA) is 89.2 Å². The SMILES string of the molecule is Cn1c2ccccc2c2cc(NC(=O)Nc3ccccc3[N+](=O)[O-])ccc21. The van der Waals surface area contributed by atoms with Gasteiger partial charge < -0.3 is 15.2 Å². The number of nitro benzene ring substituents is 1. The molecule has 27 heavy (non-hydrogen) atoms. The number of amides is 2. The maximum absolute atomic E-state index is 12.3. The van der Waals surface area contributed by atoms with Crippen LogP contribution in [0.5, 0.6) is 0 Å². The van der Waals surface area contributed by atoms with Crippen LogP contribution in [0.3, 0.4) is 0 Å². The molecule has 4 aromatic rings. The molecule has 0 saturated heterocycles. The lowest BCUT2D eigenvalue weighted by Crippen LogP contribution is -2.20. The van der Waals surface area contributed by atoms with Crippen LogP contribution >= 0.6 is 0 Å². The number of aromatic nitrogens is 1. The number of fused-ring (bicyclic) bond motifs is 3. The molecular formula is C20H16N4O3. The number of nitro groups is 1. The Morgan fingerprint density at radius 2 is 1.63 bits per heavy atom. The third-order valence-corrected chi connectivity index (χ3v) is 4.52. The third kappa shape index (κ3) is 2.95. The molecule has 1 heterocycles. The molecule has 0 spiro atoms. The molecule has 0 aliphatic rings. The first-order chi connectivity index (χ1) is 13.0. The van der Waals surface area contributed by atoms with Gasteiger partial charge in [0.1, 0.15) is 5.69 Å². The van der Waals surface area contributed by atoms with Gasteiger partial charge in [-0.05, 0) is 30.3 Å².